The first-order valence-corrected chi connectivity index (χ1v) is 5.05. The summed E-state index contributed by atoms with van der Waals surface area (Å²) >= 11 is 0. The average molecular weight is 187 g/mol. The summed E-state index contributed by atoms with van der Waals surface area (Å²) in [6.07, 6.45) is 2.99. The molecule has 0 radical (unpaired) electrons. The second-order valence-electron chi connectivity index (χ2n) is 4.06. The highest BCUT2D eigenvalue weighted by Gasteiger charge is 2.36. The van der Waals surface area contributed by atoms with E-state index in [0.29, 0.717) is 11.8 Å². The van der Waals surface area contributed by atoms with E-state index in [1.165, 1.54) is 17.4 Å². The number of benzene rings is 1. The SMILES string of the molecule is NC[C@@H]1C[C@H]1c1ccc2occc2c1. The summed E-state index contributed by atoms with van der Waals surface area (Å²) in [5, 5.41) is 1.20. The third-order valence-corrected chi connectivity index (χ3v) is 3.13. The summed E-state index contributed by atoms with van der Waals surface area (Å²) in [4.78, 5) is 0. The van der Waals surface area contributed by atoms with Crippen molar-refractivity contribution in [2.45, 2.75) is 12.3 Å². The molecule has 3 rings (SSSR count). The molecule has 0 amide bonds. The van der Waals surface area contributed by atoms with Crippen LogP contribution in [0.1, 0.15) is 17.9 Å². The maximum absolute atomic E-state index is 5.64. The Bertz CT molecular complexity index is 460. The minimum atomic E-state index is 0.694. The highest BCUT2D eigenvalue weighted by molar-refractivity contribution is 5.78. The van der Waals surface area contributed by atoms with E-state index in [1.807, 2.05) is 6.07 Å². The van der Waals surface area contributed by atoms with Crippen LogP contribution < -0.4 is 5.73 Å². The lowest BCUT2D eigenvalue weighted by Crippen LogP contribution is -2.01. The van der Waals surface area contributed by atoms with E-state index in [-0.39, 0.29) is 0 Å². The zero-order valence-electron chi connectivity index (χ0n) is 7.94. The molecule has 2 heteroatoms. The third kappa shape index (κ3) is 1.15. The second kappa shape index (κ2) is 2.85. The standard InChI is InChI=1S/C12H13NO/c13-7-10-6-11(10)8-1-2-12-9(5-8)3-4-14-12/h1-5,10-11H,6-7,13H2/t10-,11-/m0/s1. The third-order valence-electron chi connectivity index (χ3n) is 3.13. The molecule has 1 aromatic heterocycles. The minimum absolute atomic E-state index is 0.694. The molecule has 72 valence electrons. The minimum Gasteiger partial charge on any atom is -0.464 e. The fraction of sp³-hybridized carbons (Fsp3) is 0.333. The largest absolute Gasteiger partial charge is 0.464 e. The summed E-state index contributed by atoms with van der Waals surface area (Å²) in [6, 6.07) is 8.44. The maximum atomic E-state index is 5.64. The fourth-order valence-electron chi connectivity index (χ4n) is 2.13. The number of fused-ring (bicyclic) bond motifs is 1. The summed E-state index contributed by atoms with van der Waals surface area (Å²) in [5.41, 5.74) is 8.02. The number of hydrogen-bond donors (Lipinski definition) is 1. The smallest absolute Gasteiger partial charge is 0.133 e. The molecule has 2 N–H and O–H groups in total. The molecule has 0 spiro atoms. The molecule has 14 heavy (non-hydrogen) atoms. The van der Waals surface area contributed by atoms with Crippen molar-refractivity contribution in [1.29, 1.82) is 0 Å². The normalized spacial score (nSPS) is 25.5. The Kier molecular flexibility index (Phi) is 1.64. The van der Waals surface area contributed by atoms with Gasteiger partial charge in [0, 0.05) is 5.39 Å². The van der Waals surface area contributed by atoms with Gasteiger partial charge in [-0.05, 0) is 48.6 Å². The van der Waals surface area contributed by atoms with Gasteiger partial charge in [-0.3, -0.25) is 0 Å². The van der Waals surface area contributed by atoms with Crippen LogP contribution in [0, 0.1) is 5.92 Å². The van der Waals surface area contributed by atoms with E-state index < -0.39 is 0 Å². The first kappa shape index (κ1) is 8.06. The monoisotopic (exact) mass is 187 g/mol. The lowest BCUT2D eigenvalue weighted by Gasteiger charge is -1.98. The quantitative estimate of drug-likeness (QED) is 0.784. The van der Waals surface area contributed by atoms with Gasteiger partial charge in [0.15, 0.2) is 0 Å². The molecule has 1 saturated carbocycles. The Hall–Kier alpha value is -1.28. The number of nitrogens with two attached hydrogens (primary N) is 1. The van der Waals surface area contributed by atoms with E-state index in [2.05, 4.69) is 18.2 Å². The Labute approximate surface area is 82.7 Å². The Morgan fingerprint density at radius 1 is 1.36 bits per heavy atom. The Morgan fingerprint density at radius 3 is 3.07 bits per heavy atom. The van der Waals surface area contributed by atoms with E-state index in [1.54, 1.807) is 6.26 Å². The number of furan rings is 1. The maximum Gasteiger partial charge on any atom is 0.133 e. The van der Waals surface area contributed by atoms with Crippen molar-refractivity contribution in [2.24, 2.45) is 11.7 Å². The van der Waals surface area contributed by atoms with Crippen molar-refractivity contribution in [2.75, 3.05) is 6.54 Å². The van der Waals surface area contributed by atoms with E-state index >= 15 is 0 Å². The van der Waals surface area contributed by atoms with Crippen LogP contribution in [0.15, 0.2) is 34.9 Å². The predicted octanol–water partition coefficient (Wildman–Crippen LogP) is 2.50. The topological polar surface area (TPSA) is 39.2 Å². The molecule has 2 nitrogen and oxygen atoms in total. The molecule has 1 aliphatic rings. The van der Waals surface area contributed by atoms with E-state index in [0.717, 1.165) is 12.1 Å². The molecule has 1 heterocycles. The van der Waals surface area contributed by atoms with Gasteiger partial charge >= 0.3 is 0 Å². The van der Waals surface area contributed by atoms with Crippen LogP contribution in [0.3, 0.4) is 0 Å². The molecule has 1 aromatic carbocycles. The van der Waals surface area contributed by atoms with Crippen LogP contribution in [0.2, 0.25) is 0 Å². The summed E-state index contributed by atoms with van der Waals surface area (Å²) in [7, 11) is 0. The van der Waals surface area contributed by atoms with Crippen molar-refractivity contribution in [3.05, 3.63) is 36.1 Å². The van der Waals surface area contributed by atoms with Crippen LogP contribution in [-0.4, -0.2) is 6.54 Å². The summed E-state index contributed by atoms with van der Waals surface area (Å²) < 4.78 is 5.30. The second-order valence-corrected chi connectivity index (χ2v) is 4.06. The molecule has 1 fully saturated rings. The summed E-state index contributed by atoms with van der Waals surface area (Å²) in [5.74, 6) is 1.40. The Morgan fingerprint density at radius 2 is 2.29 bits per heavy atom. The highest BCUT2D eigenvalue weighted by atomic mass is 16.3. The van der Waals surface area contributed by atoms with Crippen LogP contribution in [-0.2, 0) is 0 Å². The first-order valence-electron chi connectivity index (χ1n) is 5.05. The van der Waals surface area contributed by atoms with Gasteiger partial charge in [-0.15, -0.1) is 0 Å². The zero-order chi connectivity index (χ0) is 9.54. The molecule has 0 saturated heterocycles. The average Bonchev–Trinajstić information content (AvgIpc) is 2.87. The molecule has 1 aliphatic carbocycles. The highest BCUT2D eigenvalue weighted by Crippen LogP contribution is 2.47. The van der Waals surface area contributed by atoms with E-state index in [4.69, 9.17) is 10.2 Å². The zero-order valence-corrected chi connectivity index (χ0v) is 7.94. The van der Waals surface area contributed by atoms with Crippen molar-refractivity contribution >= 4 is 11.0 Å². The van der Waals surface area contributed by atoms with Crippen molar-refractivity contribution < 1.29 is 4.42 Å². The molecule has 2 atom stereocenters. The number of rotatable bonds is 2. The van der Waals surface area contributed by atoms with Crippen LogP contribution in [0.4, 0.5) is 0 Å². The molecular weight excluding hydrogens is 174 g/mol. The molecule has 0 bridgehead atoms. The molecule has 0 aliphatic heterocycles. The first-order chi connectivity index (χ1) is 6.88. The van der Waals surface area contributed by atoms with E-state index in [9.17, 15) is 0 Å². The molecule has 2 aromatic rings. The van der Waals surface area contributed by atoms with Crippen LogP contribution in [0.5, 0.6) is 0 Å². The van der Waals surface area contributed by atoms with Crippen molar-refractivity contribution in [3.63, 3.8) is 0 Å². The van der Waals surface area contributed by atoms with Gasteiger partial charge in [0.05, 0.1) is 6.26 Å². The fourth-order valence-corrected chi connectivity index (χ4v) is 2.13. The predicted molar refractivity (Wildman–Crippen MR) is 56.1 cm³/mol. The lowest BCUT2D eigenvalue weighted by molar-refractivity contribution is 0.615. The van der Waals surface area contributed by atoms with Gasteiger partial charge in [0.25, 0.3) is 0 Å². The lowest BCUT2D eigenvalue weighted by atomic mass is 10.1. The van der Waals surface area contributed by atoms with Gasteiger partial charge in [-0.25, -0.2) is 0 Å². The van der Waals surface area contributed by atoms with Gasteiger partial charge in [-0.2, -0.15) is 0 Å². The van der Waals surface area contributed by atoms with Gasteiger partial charge < -0.3 is 10.2 Å². The van der Waals surface area contributed by atoms with Gasteiger partial charge in [0.2, 0.25) is 0 Å². The van der Waals surface area contributed by atoms with Crippen LogP contribution in [0.25, 0.3) is 11.0 Å². The number of hydrogen-bond acceptors (Lipinski definition) is 2. The van der Waals surface area contributed by atoms with Crippen molar-refractivity contribution in [3.8, 4) is 0 Å². The molecule has 0 unspecified atom stereocenters. The van der Waals surface area contributed by atoms with Crippen molar-refractivity contribution in [1.82, 2.24) is 0 Å². The Balaban J connectivity index is 1.98. The molecular formula is C12H13NO. The van der Waals surface area contributed by atoms with Gasteiger partial charge in [-0.1, -0.05) is 6.07 Å². The summed E-state index contributed by atoms with van der Waals surface area (Å²) in [6.45, 7) is 0.814. The van der Waals surface area contributed by atoms with Gasteiger partial charge in [0.1, 0.15) is 5.58 Å². The van der Waals surface area contributed by atoms with Crippen LogP contribution >= 0.6 is 0 Å².